The third kappa shape index (κ3) is 16.4. The smallest absolute Gasteiger partial charge is 0.331 e. The number of carbonyl (C=O) groups excluding carboxylic acids is 1. The van der Waals surface area contributed by atoms with Gasteiger partial charge in [0.2, 0.25) is 0 Å². The molecule has 15 unspecified atom stereocenters. The zero-order chi connectivity index (χ0) is 44.4. The van der Waals surface area contributed by atoms with Gasteiger partial charge in [0, 0.05) is 37.4 Å². The van der Waals surface area contributed by atoms with E-state index in [1.807, 2.05) is 58.1 Å². The maximum atomic E-state index is 13.0. The highest BCUT2D eigenvalue weighted by molar-refractivity contribution is 5.82. The third-order valence-electron chi connectivity index (χ3n) is 10.6. The van der Waals surface area contributed by atoms with Gasteiger partial charge in [-0.1, -0.05) is 124 Å². The van der Waals surface area contributed by atoms with E-state index in [1.54, 1.807) is 94.7 Å². The van der Waals surface area contributed by atoms with Gasteiger partial charge < -0.3 is 54.0 Å². The Morgan fingerprint density at radius 1 is 0.800 bits per heavy atom. The Labute approximate surface area is 355 Å². The Bertz CT molecular complexity index is 1720. The number of carbonyl (C=O) groups is 1. The Kier molecular flexibility index (Phi) is 21.5. The molecule has 0 amide bonds. The molecule has 15 atom stereocenters. The minimum Gasteiger partial charge on any atom is -0.458 e. The number of ether oxygens (including phenoxy) is 4. The fourth-order valence-corrected chi connectivity index (χ4v) is 6.87. The highest BCUT2D eigenvalue weighted by Crippen LogP contribution is 2.28. The van der Waals surface area contributed by atoms with Gasteiger partial charge in [0.1, 0.15) is 36.4 Å². The molecule has 1 aromatic rings. The lowest BCUT2D eigenvalue weighted by Crippen LogP contribution is -2.58. The molecule has 332 valence electrons. The molecule has 6 N–H and O–H groups in total. The number of aliphatic hydroxyl groups is 6. The number of aromatic nitrogens is 1. The monoisotopic (exact) mass is 837 g/mol. The highest BCUT2D eigenvalue weighted by Gasteiger charge is 2.43. The number of rotatable bonds is 7. The Morgan fingerprint density at radius 2 is 1.43 bits per heavy atom. The van der Waals surface area contributed by atoms with Crippen LogP contribution in [0.2, 0.25) is 0 Å². The summed E-state index contributed by atoms with van der Waals surface area (Å²) in [5.74, 6) is -1.45. The lowest BCUT2D eigenvalue weighted by atomic mass is 9.86. The van der Waals surface area contributed by atoms with Crippen LogP contribution in [-0.2, 0) is 23.7 Å². The van der Waals surface area contributed by atoms with Crippen molar-refractivity contribution in [1.82, 2.24) is 4.98 Å². The number of fused-ring (bicyclic) bond motifs is 2. The second kappa shape index (κ2) is 25.7. The predicted octanol–water partition coefficient (Wildman–Crippen LogP) is 5.58. The van der Waals surface area contributed by atoms with E-state index in [4.69, 9.17) is 23.4 Å². The fraction of sp³-hybridized carbons (Fsp3) is 0.532. The summed E-state index contributed by atoms with van der Waals surface area (Å²) in [5.41, 5.74) is 1.46. The summed E-state index contributed by atoms with van der Waals surface area (Å²) in [6.07, 6.45) is 21.3. The maximum Gasteiger partial charge on any atom is 0.331 e. The first-order valence-corrected chi connectivity index (χ1v) is 20.7. The van der Waals surface area contributed by atoms with Gasteiger partial charge in [0.05, 0.1) is 42.5 Å². The summed E-state index contributed by atoms with van der Waals surface area (Å²) in [6.45, 7) is 12.6. The van der Waals surface area contributed by atoms with Crippen molar-refractivity contribution in [3.8, 4) is 0 Å². The van der Waals surface area contributed by atoms with E-state index in [0.29, 0.717) is 11.6 Å². The van der Waals surface area contributed by atoms with Gasteiger partial charge in [-0.15, -0.1) is 0 Å². The average Bonchev–Trinajstić information content (AvgIpc) is 3.68. The molecule has 2 bridgehead atoms. The van der Waals surface area contributed by atoms with Crippen molar-refractivity contribution < 1.29 is 58.8 Å². The van der Waals surface area contributed by atoms with Crippen molar-refractivity contribution in [2.75, 3.05) is 7.11 Å². The summed E-state index contributed by atoms with van der Waals surface area (Å²) >= 11 is 0. The molecule has 2 aliphatic heterocycles. The van der Waals surface area contributed by atoms with Crippen LogP contribution >= 0.6 is 0 Å². The Balaban J connectivity index is 1.93. The van der Waals surface area contributed by atoms with Crippen LogP contribution in [0.5, 0.6) is 0 Å². The molecule has 13 heteroatoms. The molecule has 1 fully saturated rings. The van der Waals surface area contributed by atoms with Crippen molar-refractivity contribution in [3.63, 3.8) is 0 Å². The summed E-state index contributed by atoms with van der Waals surface area (Å²) in [6, 6.07) is 0. The molecule has 1 saturated heterocycles. The number of oxazole rings is 1. The maximum absolute atomic E-state index is 13.0. The molecule has 0 aliphatic carbocycles. The van der Waals surface area contributed by atoms with E-state index in [9.17, 15) is 35.4 Å². The first kappa shape index (κ1) is 50.3. The molecule has 0 saturated carbocycles. The van der Waals surface area contributed by atoms with Gasteiger partial charge in [-0.3, -0.25) is 0 Å². The van der Waals surface area contributed by atoms with Gasteiger partial charge in [-0.2, -0.15) is 0 Å². The summed E-state index contributed by atoms with van der Waals surface area (Å²) in [4.78, 5) is 17.6. The SMILES string of the molecule is COC1CC(O)C=CC=CC=CC(C)C(C(C)C(O)CC(C)O)OC(=O)C=CC=CC=CC(C)=CC(C)C(OC2OC(C)C(O)C(O)C2O)C=CC=Cc2coc(n2)C1C. The average molecular weight is 838 g/mol. The van der Waals surface area contributed by atoms with Crippen molar-refractivity contribution in [3.05, 3.63) is 121 Å². The molecule has 13 nitrogen and oxygen atoms in total. The van der Waals surface area contributed by atoms with Gasteiger partial charge in [0.15, 0.2) is 12.2 Å². The summed E-state index contributed by atoms with van der Waals surface area (Å²) < 4.78 is 29.3. The summed E-state index contributed by atoms with van der Waals surface area (Å²) in [7, 11) is 1.57. The normalized spacial score (nSPS) is 33.4. The molecule has 60 heavy (non-hydrogen) atoms. The molecule has 3 rings (SSSR count). The Hall–Kier alpha value is -4.02. The molecule has 0 radical (unpaired) electrons. The van der Waals surface area contributed by atoms with E-state index >= 15 is 0 Å². The Morgan fingerprint density at radius 3 is 2.12 bits per heavy atom. The van der Waals surface area contributed by atoms with E-state index in [1.165, 1.54) is 12.3 Å². The van der Waals surface area contributed by atoms with Gasteiger partial charge in [0.25, 0.3) is 0 Å². The van der Waals surface area contributed by atoms with Crippen molar-refractivity contribution in [1.29, 1.82) is 0 Å². The summed E-state index contributed by atoms with van der Waals surface area (Å²) in [5, 5.41) is 62.8. The van der Waals surface area contributed by atoms with E-state index in [0.717, 1.165) is 5.57 Å². The van der Waals surface area contributed by atoms with Crippen LogP contribution in [0, 0.1) is 17.8 Å². The zero-order valence-corrected chi connectivity index (χ0v) is 36.0. The number of methoxy groups -OCH3 is 1. The first-order valence-electron chi connectivity index (χ1n) is 20.7. The van der Waals surface area contributed by atoms with Crippen LogP contribution in [0.25, 0.3) is 6.08 Å². The number of esters is 1. The predicted molar refractivity (Wildman–Crippen MR) is 230 cm³/mol. The van der Waals surface area contributed by atoms with Crippen LogP contribution in [0.1, 0.15) is 78.8 Å². The molecule has 0 spiro atoms. The van der Waals surface area contributed by atoms with Crippen molar-refractivity contribution >= 4 is 12.0 Å². The second-order valence-electron chi connectivity index (χ2n) is 15.8. The van der Waals surface area contributed by atoms with Gasteiger partial charge in [-0.25, -0.2) is 9.78 Å². The number of hydrogen-bond acceptors (Lipinski definition) is 13. The van der Waals surface area contributed by atoms with Gasteiger partial charge in [-0.05, 0) is 33.3 Å². The van der Waals surface area contributed by atoms with Crippen LogP contribution in [-0.4, -0.2) is 116 Å². The largest absolute Gasteiger partial charge is 0.458 e. The first-order chi connectivity index (χ1) is 28.5. The molecular formula is C47H67NO12. The minimum atomic E-state index is -1.48. The van der Waals surface area contributed by atoms with Crippen molar-refractivity contribution in [2.24, 2.45) is 17.8 Å². The van der Waals surface area contributed by atoms with Crippen LogP contribution in [0.3, 0.4) is 0 Å². The lowest BCUT2D eigenvalue weighted by Gasteiger charge is -2.40. The van der Waals surface area contributed by atoms with Crippen LogP contribution in [0.4, 0.5) is 0 Å². The van der Waals surface area contributed by atoms with Crippen molar-refractivity contribution in [2.45, 2.75) is 135 Å². The number of cyclic esters (lactones) is 1. The zero-order valence-electron chi connectivity index (χ0n) is 36.0. The topological polar surface area (TPSA) is 201 Å². The molecule has 2 aliphatic rings. The van der Waals surface area contributed by atoms with E-state index in [2.05, 4.69) is 4.98 Å². The molecule has 3 heterocycles. The van der Waals surface area contributed by atoms with Crippen LogP contribution < -0.4 is 0 Å². The van der Waals surface area contributed by atoms with Gasteiger partial charge >= 0.3 is 5.97 Å². The number of hydrogen-bond donors (Lipinski definition) is 6. The van der Waals surface area contributed by atoms with E-state index < -0.39 is 79.2 Å². The van der Waals surface area contributed by atoms with Crippen LogP contribution in [0.15, 0.2) is 113 Å². The molecule has 1 aromatic heterocycles. The third-order valence-corrected chi connectivity index (χ3v) is 10.6. The number of allylic oxidation sites excluding steroid dienone is 12. The highest BCUT2D eigenvalue weighted by atomic mass is 16.7. The minimum absolute atomic E-state index is 0.131. The fourth-order valence-electron chi connectivity index (χ4n) is 6.87. The second-order valence-corrected chi connectivity index (χ2v) is 15.8. The standard InChI is InChI=1S/C47H67NO12/c1-29-19-13-9-12-16-24-41(52)60-45(33(5)38(51)26-32(4)49)30(2)20-14-10-11-15-22-37(50)27-40(56-8)34(6)46-48-36(28-57-46)21-17-18-23-39(31(3)25-29)59-47-44(55)43(54)42(53)35(7)58-47/h9-25,28,30-35,37-40,42-45,47,49-51,53-55H,26-27H2,1-8H3. The molecule has 0 aromatic carbocycles. The molecular weight excluding hydrogens is 771 g/mol. The quantitative estimate of drug-likeness (QED) is 0.186. The van der Waals surface area contributed by atoms with E-state index in [-0.39, 0.29) is 30.6 Å². The number of nitrogens with zero attached hydrogens (tertiary/aromatic N) is 1. The number of aliphatic hydroxyl groups excluding tert-OH is 6. The lowest BCUT2D eigenvalue weighted by molar-refractivity contribution is -0.302.